The van der Waals surface area contributed by atoms with Crippen molar-refractivity contribution in [3.05, 3.63) is 0 Å². The van der Waals surface area contributed by atoms with E-state index in [0.717, 1.165) is 24.3 Å². The largest absolute Gasteiger partial charge is 0.327 e. The Morgan fingerprint density at radius 1 is 0.750 bits per heavy atom. The van der Waals surface area contributed by atoms with Gasteiger partial charge in [-0.3, -0.25) is 0 Å². The van der Waals surface area contributed by atoms with E-state index in [0.29, 0.717) is 23.9 Å². The van der Waals surface area contributed by atoms with Crippen LogP contribution in [0.1, 0.15) is 40.5 Å². The Hall–Kier alpha value is 0.620. The van der Waals surface area contributed by atoms with Crippen molar-refractivity contribution in [2.45, 2.75) is 52.6 Å². The third kappa shape index (κ3) is 11.1. The SMILES string of the molecule is CC(C)C[C@@H](N)CSSC[C@H](N)CC(C)C. The van der Waals surface area contributed by atoms with Gasteiger partial charge in [-0.2, -0.15) is 0 Å². The Labute approximate surface area is 109 Å². The van der Waals surface area contributed by atoms with Crippen LogP contribution < -0.4 is 11.5 Å². The molecule has 2 nitrogen and oxygen atoms in total. The number of rotatable bonds is 9. The lowest BCUT2D eigenvalue weighted by atomic mass is 10.1. The number of hydrogen-bond donors (Lipinski definition) is 2. The number of hydrogen-bond acceptors (Lipinski definition) is 4. The molecule has 0 fully saturated rings. The highest BCUT2D eigenvalue weighted by Gasteiger charge is 2.08. The quantitative estimate of drug-likeness (QED) is 0.496. The van der Waals surface area contributed by atoms with Crippen LogP contribution in [0, 0.1) is 11.8 Å². The topological polar surface area (TPSA) is 52.0 Å². The summed E-state index contributed by atoms with van der Waals surface area (Å²) in [6.45, 7) is 8.87. The summed E-state index contributed by atoms with van der Waals surface area (Å²) in [5.74, 6) is 3.47. The molecule has 0 amide bonds. The van der Waals surface area contributed by atoms with Crippen LogP contribution in [0.4, 0.5) is 0 Å². The molecular weight excluding hydrogens is 236 g/mol. The summed E-state index contributed by atoms with van der Waals surface area (Å²) < 4.78 is 0. The van der Waals surface area contributed by atoms with Crippen molar-refractivity contribution in [3.8, 4) is 0 Å². The van der Waals surface area contributed by atoms with Gasteiger partial charge in [0.1, 0.15) is 0 Å². The minimum absolute atomic E-state index is 0.332. The standard InChI is InChI=1S/C12H28N2S2/c1-9(2)5-11(13)7-15-16-8-12(14)6-10(3)4/h9-12H,5-8,13-14H2,1-4H3/t11-,12-/m1/s1. The van der Waals surface area contributed by atoms with E-state index in [9.17, 15) is 0 Å². The summed E-state index contributed by atoms with van der Waals surface area (Å²) in [7, 11) is 3.74. The highest BCUT2D eigenvalue weighted by Crippen LogP contribution is 2.24. The fraction of sp³-hybridized carbons (Fsp3) is 1.00. The van der Waals surface area contributed by atoms with Crippen molar-refractivity contribution in [1.82, 2.24) is 0 Å². The Morgan fingerprint density at radius 2 is 1.06 bits per heavy atom. The summed E-state index contributed by atoms with van der Waals surface area (Å²) >= 11 is 0. The third-order valence-corrected chi connectivity index (χ3v) is 4.81. The van der Waals surface area contributed by atoms with Crippen LogP contribution in [0.2, 0.25) is 0 Å². The van der Waals surface area contributed by atoms with E-state index in [1.807, 2.05) is 21.6 Å². The lowest BCUT2D eigenvalue weighted by Crippen LogP contribution is -2.26. The van der Waals surface area contributed by atoms with Gasteiger partial charge >= 0.3 is 0 Å². The molecule has 0 saturated heterocycles. The van der Waals surface area contributed by atoms with Crippen molar-refractivity contribution in [2.75, 3.05) is 11.5 Å². The van der Waals surface area contributed by atoms with Crippen molar-refractivity contribution in [3.63, 3.8) is 0 Å². The highest BCUT2D eigenvalue weighted by molar-refractivity contribution is 8.76. The van der Waals surface area contributed by atoms with Crippen LogP contribution in [-0.2, 0) is 0 Å². The maximum Gasteiger partial charge on any atom is 0.0189 e. The molecule has 0 rings (SSSR count). The van der Waals surface area contributed by atoms with Crippen LogP contribution in [-0.4, -0.2) is 23.6 Å². The van der Waals surface area contributed by atoms with Crippen LogP contribution in [0.15, 0.2) is 0 Å². The summed E-state index contributed by atoms with van der Waals surface area (Å²) in [5, 5.41) is 0. The zero-order valence-corrected chi connectivity index (χ0v) is 12.7. The summed E-state index contributed by atoms with van der Waals surface area (Å²) in [5.41, 5.74) is 12.0. The highest BCUT2D eigenvalue weighted by atomic mass is 33.1. The third-order valence-electron chi connectivity index (χ3n) is 2.20. The van der Waals surface area contributed by atoms with Gasteiger partial charge in [0.2, 0.25) is 0 Å². The van der Waals surface area contributed by atoms with Crippen LogP contribution in [0.25, 0.3) is 0 Å². The maximum absolute atomic E-state index is 6.01. The van der Waals surface area contributed by atoms with Crippen LogP contribution >= 0.6 is 21.6 Å². The fourth-order valence-corrected chi connectivity index (χ4v) is 4.06. The van der Waals surface area contributed by atoms with Gasteiger partial charge in [-0.15, -0.1) is 0 Å². The van der Waals surface area contributed by atoms with Gasteiger partial charge in [-0.05, 0) is 24.7 Å². The average Bonchev–Trinajstić information content (AvgIpc) is 2.10. The molecule has 0 heterocycles. The van der Waals surface area contributed by atoms with Gasteiger partial charge in [0.25, 0.3) is 0 Å². The first-order chi connectivity index (χ1) is 7.41. The molecule has 0 aromatic carbocycles. The van der Waals surface area contributed by atoms with Gasteiger partial charge in [0, 0.05) is 23.6 Å². The molecule has 4 N–H and O–H groups in total. The van der Waals surface area contributed by atoms with Crippen molar-refractivity contribution in [1.29, 1.82) is 0 Å². The van der Waals surface area contributed by atoms with Gasteiger partial charge in [0.05, 0.1) is 0 Å². The van der Waals surface area contributed by atoms with E-state index in [1.54, 1.807) is 0 Å². The maximum atomic E-state index is 6.01. The zero-order valence-electron chi connectivity index (χ0n) is 11.1. The van der Waals surface area contributed by atoms with E-state index >= 15 is 0 Å². The van der Waals surface area contributed by atoms with Crippen molar-refractivity contribution in [2.24, 2.45) is 23.3 Å². The molecule has 0 aliphatic carbocycles. The second-order valence-corrected chi connectivity index (χ2v) is 7.90. The van der Waals surface area contributed by atoms with E-state index < -0.39 is 0 Å². The Kier molecular flexibility index (Phi) is 10.0. The van der Waals surface area contributed by atoms with Gasteiger partial charge in [0.15, 0.2) is 0 Å². The monoisotopic (exact) mass is 264 g/mol. The van der Waals surface area contributed by atoms with E-state index in [1.165, 1.54) is 0 Å². The molecule has 2 atom stereocenters. The summed E-state index contributed by atoms with van der Waals surface area (Å²) in [6, 6.07) is 0.664. The summed E-state index contributed by atoms with van der Waals surface area (Å²) in [4.78, 5) is 0. The minimum Gasteiger partial charge on any atom is -0.327 e. The Balaban J connectivity index is 3.38. The van der Waals surface area contributed by atoms with Gasteiger partial charge < -0.3 is 11.5 Å². The molecule has 0 aliphatic rings. The zero-order chi connectivity index (χ0) is 12.6. The molecule has 0 aromatic heterocycles. The van der Waals surface area contributed by atoms with Crippen molar-refractivity contribution < 1.29 is 0 Å². The molecule has 0 aliphatic heterocycles. The molecule has 0 saturated carbocycles. The normalized spacial score (nSPS) is 15.8. The molecular formula is C12H28N2S2. The summed E-state index contributed by atoms with van der Waals surface area (Å²) in [6.07, 6.45) is 2.23. The Morgan fingerprint density at radius 3 is 1.31 bits per heavy atom. The average molecular weight is 265 g/mol. The van der Waals surface area contributed by atoms with Gasteiger partial charge in [-0.25, -0.2) is 0 Å². The number of nitrogens with two attached hydrogens (primary N) is 2. The fourth-order valence-electron chi connectivity index (χ4n) is 1.62. The lowest BCUT2D eigenvalue weighted by molar-refractivity contribution is 0.524. The molecule has 98 valence electrons. The molecule has 0 spiro atoms. The molecule has 0 radical (unpaired) electrons. The minimum atomic E-state index is 0.332. The predicted octanol–water partition coefficient (Wildman–Crippen LogP) is 3.11. The Bertz CT molecular complexity index is 145. The smallest absolute Gasteiger partial charge is 0.0189 e. The lowest BCUT2D eigenvalue weighted by Gasteiger charge is -2.15. The second-order valence-electron chi connectivity index (χ2n) is 5.35. The van der Waals surface area contributed by atoms with Crippen LogP contribution in [0.5, 0.6) is 0 Å². The van der Waals surface area contributed by atoms with Gasteiger partial charge in [-0.1, -0.05) is 49.3 Å². The first kappa shape index (κ1) is 16.6. The first-order valence-electron chi connectivity index (χ1n) is 6.17. The van der Waals surface area contributed by atoms with E-state index in [2.05, 4.69) is 27.7 Å². The molecule has 4 heteroatoms. The second kappa shape index (κ2) is 9.63. The molecule has 0 aromatic rings. The predicted molar refractivity (Wildman–Crippen MR) is 79.8 cm³/mol. The van der Waals surface area contributed by atoms with E-state index in [-0.39, 0.29) is 0 Å². The van der Waals surface area contributed by atoms with E-state index in [4.69, 9.17) is 11.5 Å². The van der Waals surface area contributed by atoms with Crippen molar-refractivity contribution >= 4 is 21.6 Å². The first-order valence-corrected chi connectivity index (χ1v) is 8.66. The molecule has 0 bridgehead atoms. The molecule has 16 heavy (non-hydrogen) atoms. The van der Waals surface area contributed by atoms with Crippen LogP contribution in [0.3, 0.4) is 0 Å². The molecule has 0 unspecified atom stereocenters.